The Morgan fingerprint density at radius 1 is 1.29 bits per heavy atom. The van der Waals surface area contributed by atoms with Gasteiger partial charge in [0.25, 0.3) is 11.8 Å². The van der Waals surface area contributed by atoms with Gasteiger partial charge in [-0.15, -0.1) is 0 Å². The Labute approximate surface area is 161 Å². The van der Waals surface area contributed by atoms with E-state index in [9.17, 15) is 14.0 Å². The molecule has 1 aliphatic heterocycles. The number of pyridine rings is 1. The van der Waals surface area contributed by atoms with Crippen LogP contribution >= 0.6 is 0 Å². The lowest BCUT2D eigenvalue weighted by Gasteiger charge is -2.34. The van der Waals surface area contributed by atoms with Crippen molar-refractivity contribution < 1.29 is 14.0 Å². The van der Waals surface area contributed by atoms with E-state index in [1.165, 1.54) is 18.3 Å². The van der Waals surface area contributed by atoms with Gasteiger partial charge in [-0.25, -0.2) is 4.39 Å². The van der Waals surface area contributed by atoms with Gasteiger partial charge < -0.3 is 14.8 Å². The maximum atomic E-state index is 13.8. The van der Waals surface area contributed by atoms with Gasteiger partial charge >= 0.3 is 0 Å². The number of benzene rings is 1. The number of fused-ring (bicyclic) bond motifs is 1. The first-order valence-corrected chi connectivity index (χ1v) is 8.96. The molecule has 0 saturated carbocycles. The molecular formula is C21H19FN4O2. The fourth-order valence-electron chi connectivity index (χ4n) is 3.50. The average molecular weight is 378 g/mol. The number of hydrogen-bond donors (Lipinski definition) is 1. The van der Waals surface area contributed by atoms with Gasteiger partial charge in [-0.2, -0.15) is 0 Å². The number of aromatic nitrogens is 2. The summed E-state index contributed by atoms with van der Waals surface area (Å²) in [6, 6.07) is 9.38. The van der Waals surface area contributed by atoms with Crippen molar-refractivity contribution in [1.82, 2.24) is 9.55 Å². The van der Waals surface area contributed by atoms with Crippen LogP contribution in [0.1, 0.15) is 39.4 Å². The molecule has 7 heteroatoms. The van der Waals surface area contributed by atoms with E-state index in [0.29, 0.717) is 23.6 Å². The third kappa shape index (κ3) is 3.05. The highest BCUT2D eigenvalue weighted by atomic mass is 19.1. The van der Waals surface area contributed by atoms with Crippen molar-refractivity contribution in [3.63, 3.8) is 0 Å². The van der Waals surface area contributed by atoms with E-state index in [1.807, 2.05) is 13.8 Å². The van der Waals surface area contributed by atoms with Crippen LogP contribution in [0.2, 0.25) is 0 Å². The van der Waals surface area contributed by atoms with Crippen LogP contribution in [0.25, 0.3) is 0 Å². The van der Waals surface area contributed by atoms with Crippen molar-refractivity contribution in [2.24, 2.45) is 0 Å². The molecule has 0 unspecified atom stereocenters. The molecule has 28 heavy (non-hydrogen) atoms. The van der Waals surface area contributed by atoms with E-state index >= 15 is 0 Å². The van der Waals surface area contributed by atoms with Gasteiger partial charge in [-0.1, -0.05) is 6.07 Å². The van der Waals surface area contributed by atoms with Crippen molar-refractivity contribution in [1.29, 1.82) is 0 Å². The lowest BCUT2D eigenvalue weighted by atomic mass is 10.1. The minimum atomic E-state index is -0.406. The summed E-state index contributed by atoms with van der Waals surface area (Å²) in [5, 5.41) is 2.76. The minimum Gasteiger partial charge on any atom is -0.338 e. The summed E-state index contributed by atoms with van der Waals surface area (Å²) in [4.78, 5) is 31.5. The molecule has 1 aliphatic rings. The van der Waals surface area contributed by atoms with Gasteiger partial charge in [0.1, 0.15) is 11.5 Å². The number of nitrogens with zero attached hydrogens (tertiary/aromatic N) is 3. The number of aryl methyl sites for hydroxylation is 1. The average Bonchev–Trinajstić information content (AvgIpc) is 3.14. The quantitative estimate of drug-likeness (QED) is 0.754. The molecular weight excluding hydrogens is 359 g/mol. The molecule has 1 atom stereocenters. The highest BCUT2D eigenvalue weighted by molar-refractivity contribution is 6.16. The molecule has 4 rings (SSSR count). The standard InChI is InChI=1S/C21H19FN4O2/c1-13-5-6-15(22)10-18(13)26-12-14(2)25-9-7-17(19(25)21(26)28)20(27)24-16-4-3-8-23-11-16/h3-11,14H,12H2,1-2H3,(H,24,27)/t14-/m0/s1. The smallest absolute Gasteiger partial charge is 0.275 e. The molecule has 2 amide bonds. The molecule has 2 aromatic heterocycles. The van der Waals surface area contributed by atoms with Gasteiger partial charge in [0.15, 0.2) is 0 Å². The summed E-state index contributed by atoms with van der Waals surface area (Å²) in [5.74, 6) is -1.12. The number of rotatable bonds is 3. The fourth-order valence-corrected chi connectivity index (χ4v) is 3.50. The largest absolute Gasteiger partial charge is 0.338 e. The zero-order valence-corrected chi connectivity index (χ0v) is 15.5. The first-order chi connectivity index (χ1) is 13.5. The molecule has 0 aliphatic carbocycles. The van der Waals surface area contributed by atoms with Gasteiger partial charge in [0, 0.05) is 30.7 Å². The second-order valence-corrected chi connectivity index (χ2v) is 6.88. The zero-order chi connectivity index (χ0) is 19.8. The topological polar surface area (TPSA) is 67.2 Å². The van der Waals surface area contributed by atoms with E-state index < -0.39 is 5.82 Å². The van der Waals surface area contributed by atoms with Gasteiger partial charge in [0.2, 0.25) is 0 Å². The number of anilines is 2. The second-order valence-electron chi connectivity index (χ2n) is 6.88. The Balaban J connectivity index is 1.72. The fraction of sp³-hybridized carbons (Fsp3) is 0.190. The van der Waals surface area contributed by atoms with E-state index in [2.05, 4.69) is 10.3 Å². The van der Waals surface area contributed by atoms with Crippen molar-refractivity contribution in [3.05, 3.63) is 77.6 Å². The first-order valence-electron chi connectivity index (χ1n) is 8.96. The van der Waals surface area contributed by atoms with Gasteiger partial charge in [-0.3, -0.25) is 14.6 Å². The summed E-state index contributed by atoms with van der Waals surface area (Å²) >= 11 is 0. The molecule has 1 N–H and O–H groups in total. The van der Waals surface area contributed by atoms with Crippen LogP contribution in [-0.4, -0.2) is 27.9 Å². The van der Waals surface area contributed by atoms with Crippen LogP contribution in [0.3, 0.4) is 0 Å². The van der Waals surface area contributed by atoms with Crippen LogP contribution in [0.5, 0.6) is 0 Å². The molecule has 0 saturated heterocycles. The molecule has 0 spiro atoms. The van der Waals surface area contributed by atoms with Gasteiger partial charge in [-0.05, 0) is 49.7 Å². The first kappa shape index (κ1) is 17.9. The maximum Gasteiger partial charge on any atom is 0.275 e. The molecule has 3 heterocycles. The third-order valence-corrected chi connectivity index (χ3v) is 4.91. The lowest BCUT2D eigenvalue weighted by Crippen LogP contribution is -2.43. The molecule has 6 nitrogen and oxygen atoms in total. The van der Waals surface area contributed by atoms with Crippen molar-refractivity contribution in [3.8, 4) is 0 Å². The van der Waals surface area contributed by atoms with E-state index in [-0.39, 0.29) is 23.4 Å². The normalized spacial score (nSPS) is 16.0. The minimum absolute atomic E-state index is 0.0599. The number of hydrogen-bond acceptors (Lipinski definition) is 3. The van der Waals surface area contributed by atoms with Crippen LogP contribution < -0.4 is 10.2 Å². The zero-order valence-electron chi connectivity index (χ0n) is 15.5. The molecule has 1 aromatic carbocycles. The predicted octanol–water partition coefficient (Wildman–Crippen LogP) is 3.80. The van der Waals surface area contributed by atoms with E-state index in [0.717, 1.165) is 5.56 Å². The number of halogens is 1. The van der Waals surface area contributed by atoms with Crippen LogP contribution in [0, 0.1) is 12.7 Å². The predicted molar refractivity (Wildman–Crippen MR) is 104 cm³/mol. The Kier molecular flexibility index (Phi) is 4.43. The molecule has 3 aromatic rings. The maximum absolute atomic E-state index is 13.8. The number of carbonyl (C=O) groups excluding carboxylic acids is 2. The molecule has 142 valence electrons. The number of carbonyl (C=O) groups is 2. The van der Waals surface area contributed by atoms with Crippen molar-refractivity contribution in [2.75, 3.05) is 16.8 Å². The second kappa shape index (κ2) is 6.92. The van der Waals surface area contributed by atoms with Crippen LogP contribution in [0.4, 0.5) is 15.8 Å². The lowest BCUT2D eigenvalue weighted by molar-refractivity contribution is 0.0942. The SMILES string of the molecule is Cc1ccc(F)cc1N1C[C@H](C)n2ccc(C(=O)Nc3cccnc3)c2C1=O. The monoisotopic (exact) mass is 378 g/mol. The summed E-state index contributed by atoms with van der Waals surface area (Å²) in [7, 11) is 0. The Morgan fingerprint density at radius 3 is 2.86 bits per heavy atom. The highest BCUT2D eigenvalue weighted by Crippen LogP contribution is 2.31. The Bertz CT molecular complexity index is 1060. The Morgan fingerprint density at radius 2 is 2.11 bits per heavy atom. The summed E-state index contributed by atoms with van der Waals surface area (Å²) < 4.78 is 15.6. The summed E-state index contributed by atoms with van der Waals surface area (Å²) in [6.07, 6.45) is 4.89. The molecule has 0 bridgehead atoms. The van der Waals surface area contributed by atoms with Crippen LogP contribution in [-0.2, 0) is 0 Å². The molecule has 0 fully saturated rings. The molecule has 0 radical (unpaired) electrons. The third-order valence-electron chi connectivity index (χ3n) is 4.91. The van der Waals surface area contributed by atoms with Crippen molar-refractivity contribution >= 4 is 23.2 Å². The van der Waals surface area contributed by atoms with Crippen molar-refractivity contribution in [2.45, 2.75) is 19.9 Å². The Hall–Kier alpha value is -3.48. The van der Waals surface area contributed by atoms with E-state index in [1.54, 1.807) is 46.1 Å². The highest BCUT2D eigenvalue weighted by Gasteiger charge is 2.34. The number of amides is 2. The summed E-state index contributed by atoms with van der Waals surface area (Å²) in [5.41, 5.74) is 2.43. The number of nitrogens with one attached hydrogen (secondary N) is 1. The summed E-state index contributed by atoms with van der Waals surface area (Å²) in [6.45, 7) is 4.19. The van der Waals surface area contributed by atoms with Crippen LogP contribution in [0.15, 0.2) is 55.0 Å². The van der Waals surface area contributed by atoms with E-state index in [4.69, 9.17) is 0 Å². The van der Waals surface area contributed by atoms with Gasteiger partial charge in [0.05, 0.1) is 17.4 Å².